The van der Waals surface area contributed by atoms with Crippen molar-refractivity contribution in [3.63, 3.8) is 0 Å². The van der Waals surface area contributed by atoms with Crippen molar-refractivity contribution in [2.24, 2.45) is 0 Å². The van der Waals surface area contributed by atoms with Gasteiger partial charge in [0, 0.05) is 12.1 Å². The molecule has 0 radical (unpaired) electrons. The van der Waals surface area contributed by atoms with Crippen LogP contribution in [0.4, 0.5) is 5.69 Å². The molecule has 0 bridgehead atoms. The van der Waals surface area contributed by atoms with E-state index in [9.17, 15) is 4.79 Å². The highest BCUT2D eigenvalue weighted by atomic mass is 35.5. The summed E-state index contributed by atoms with van der Waals surface area (Å²) in [6.07, 6.45) is 1.73. The number of ether oxygens (including phenoxy) is 1. The number of methoxy groups -OCH3 is 1. The first kappa shape index (κ1) is 22.5. The summed E-state index contributed by atoms with van der Waals surface area (Å²) in [6, 6.07) is 11.1. The number of nitrogens with one attached hydrogen (secondary N) is 2. The summed E-state index contributed by atoms with van der Waals surface area (Å²) in [4.78, 5) is 13.4. The van der Waals surface area contributed by atoms with Crippen LogP contribution in [0.3, 0.4) is 0 Å². The summed E-state index contributed by atoms with van der Waals surface area (Å²) in [7, 11) is 1.58. The molecule has 2 heterocycles. The summed E-state index contributed by atoms with van der Waals surface area (Å²) in [5, 5.41) is 12.4. The zero-order chi connectivity index (χ0) is 22.8. The number of amides is 1. The SMILES string of the molecule is CCCc1nnc2n1N[C@@H](c1ccc(OC)c(Cl)c1)[C@H](C(=O)Nc1ccc(C)c(C)c1)S2. The third kappa shape index (κ3) is 4.42. The van der Waals surface area contributed by atoms with E-state index in [0.717, 1.165) is 35.5 Å². The molecule has 32 heavy (non-hydrogen) atoms. The smallest absolute Gasteiger partial charge is 0.240 e. The average molecular weight is 472 g/mol. The maximum atomic E-state index is 13.4. The maximum Gasteiger partial charge on any atom is 0.240 e. The van der Waals surface area contributed by atoms with Gasteiger partial charge in [0.25, 0.3) is 0 Å². The van der Waals surface area contributed by atoms with E-state index in [2.05, 4.69) is 27.9 Å². The molecule has 1 amide bonds. The zero-order valence-electron chi connectivity index (χ0n) is 18.5. The predicted octanol–water partition coefficient (Wildman–Crippen LogP) is 4.91. The first-order chi connectivity index (χ1) is 15.4. The Bertz CT molecular complexity index is 1150. The Morgan fingerprint density at radius 1 is 1.22 bits per heavy atom. The van der Waals surface area contributed by atoms with Crippen molar-refractivity contribution in [3.05, 3.63) is 63.9 Å². The number of rotatable bonds is 6. The fourth-order valence-electron chi connectivity index (χ4n) is 3.64. The molecule has 0 saturated carbocycles. The maximum absolute atomic E-state index is 13.4. The molecule has 0 saturated heterocycles. The van der Waals surface area contributed by atoms with E-state index in [-0.39, 0.29) is 11.9 Å². The lowest BCUT2D eigenvalue weighted by Crippen LogP contribution is -2.41. The lowest BCUT2D eigenvalue weighted by Gasteiger charge is -2.33. The fraction of sp³-hybridized carbons (Fsp3) is 0.348. The lowest BCUT2D eigenvalue weighted by atomic mass is 10.0. The number of carbonyl (C=O) groups is 1. The van der Waals surface area contributed by atoms with Crippen LogP contribution in [0.5, 0.6) is 5.75 Å². The van der Waals surface area contributed by atoms with Gasteiger partial charge in [-0.1, -0.05) is 42.4 Å². The minimum Gasteiger partial charge on any atom is -0.495 e. The number of nitrogens with zero attached hydrogens (tertiary/aromatic N) is 3. The Hall–Kier alpha value is -2.71. The molecule has 3 aromatic rings. The second-order valence-corrected chi connectivity index (χ2v) is 9.33. The molecule has 9 heteroatoms. The third-order valence-corrected chi connectivity index (χ3v) is 7.06. The fourth-order valence-corrected chi connectivity index (χ4v) is 5.01. The van der Waals surface area contributed by atoms with Crippen LogP contribution in [-0.2, 0) is 11.2 Å². The second-order valence-electron chi connectivity index (χ2n) is 7.81. The molecule has 7 nitrogen and oxygen atoms in total. The second kappa shape index (κ2) is 9.42. The quantitative estimate of drug-likeness (QED) is 0.531. The number of benzene rings is 2. The van der Waals surface area contributed by atoms with Crippen LogP contribution in [0.25, 0.3) is 0 Å². The molecule has 1 aromatic heterocycles. The van der Waals surface area contributed by atoms with Crippen molar-refractivity contribution in [2.75, 3.05) is 17.9 Å². The topological polar surface area (TPSA) is 81.1 Å². The van der Waals surface area contributed by atoms with Crippen molar-refractivity contribution in [2.45, 2.75) is 50.1 Å². The zero-order valence-corrected chi connectivity index (χ0v) is 20.0. The molecule has 1 aliphatic rings. The number of aryl methyl sites for hydroxylation is 3. The summed E-state index contributed by atoms with van der Waals surface area (Å²) in [6.45, 7) is 6.17. The highest BCUT2D eigenvalue weighted by molar-refractivity contribution is 8.00. The number of hydrogen-bond donors (Lipinski definition) is 2. The van der Waals surface area contributed by atoms with Crippen molar-refractivity contribution >= 4 is 35.0 Å². The summed E-state index contributed by atoms with van der Waals surface area (Å²) >= 11 is 7.80. The number of fused-ring (bicyclic) bond motifs is 1. The van der Waals surface area contributed by atoms with Crippen LogP contribution in [-0.4, -0.2) is 33.1 Å². The highest BCUT2D eigenvalue weighted by Gasteiger charge is 2.38. The van der Waals surface area contributed by atoms with E-state index in [0.29, 0.717) is 15.9 Å². The van der Waals surface area contributed by atoms with Gasteiger partial charge in [0.1, 0.15) is 11.0 Å². The Morgan fingerprint density at radius 2 is 2.03 bits per heavy atom. The summed E-state index contributed by atoms with van der Waals surface area (Å²) in [5.74, 6) is 1.31. The first-order valence-corrected chi connectivity index (χ1v) is 11.8. The van der Waals surface area contributed by atoms with E-state index in [1.165, 1.54) is 17.3 Å². The lowest BCUT2D eigenvalue weighted by molar-refractivity contribution is -0.116. The van der Waals surface area contributed by atoms with E-state index in [1.807, 2.05) is 54.9 Å². The predicted molar refractivity (Wildman–Crippen MR) is 128 cm³/mol. The molecule has 1 aliphatic heterocycles. The molecule has 2 N–H and O–H groups in total. The molecule has 0 fully saturated rings. The number of aromatic nitrogens is 3. The highest BCUT2D eigenvalue weighted by Crippen LogP contribution is 2.39. The Morgan fingerprint density at radius 3 is 2.72 bits per heavy atom. The van der Waals surface area contributed by atoms with Gasteiger partial charge >= 0.3 is 0 Å². The van der Waals surface area contributed by atoms with E-state index >= 15 is 0 Å². The normalized spacial score (nSPS) is 17.4. The van der Waals surface area contributed by atoms with Gasteiger partial charge in [0.15, 0.2) is 5.82 Å². The summed E-state index contributed by atoms with van der Waals surface area (Å²) < 4.78 is 7.18. The minimum atomic E-state index is -0.479. The average Bonchev–Trinajstić information content (AvgIpc) is 3.17. The number of thioether (sulfide) groups is 1. The van der Waals surface area contributed by atoms with Crippen LogP contribution < -0.4 is 15.5 Å². The van der Waals surface area contributed by atoms with Crippen molar-refractivity contribution in [3.8, 4) is 5.75 Å². The number of carbonyl (C=O) groups excluding carboxylic acids is 1. The van der Waals surface area contributed by atoms with Gasteiger partial charge in [-0.15, -0.1) is 10.2 Å². The first-order valence-electron chi connectivity index (χ1n) is 10.5. The molecular weight excluding hydrogens is 446 g/mol. The third-order valence-electron chi connectivity index (χ3n) is 5.55. The van der Waals surface area contributed by atoms with Crippen molar-refractivity contribution in [1.82, 2.24) is 14.9 Å². The Kier molecular flexibility index (Phi) is 6.62. The molecular formula is C23H26ClN5O2S. The summed E-state index contributed by atoms with van der Waals surface area (Å²) in [5.41, 5.74) is 7.41. The van der Waals surface area contributed by atoms with Crippen LogP contribution in [0.1, 0.15) is 41.9 Å². The largest absolute Gasteiger partial charge is 0.495 e. The molecule has 2 aromatic carbocycles. The molecule has 4 rings (SSSR count). The standard InChI is InChI=1S/C23H26ClN5O2S/c1-5-6-19-26-27-23-29(19)28-20(15-8-10-18(31-4)17(24)12-15)21(32-23)22(30)25-16-9-7-13(2)14(3)11-16/h7-12,20-21,28H,5-6H2,1-4H3,(H,25,30)/t20-,21+/m0/s1. The minimum absolute atomic E-state index is 0.117. The number of anilines is 1. The van der Waals surface area contributed by atoms with E-state index in [1.54, 1.807) is 7.11 Å². The molecule has 168 valence electrons. The van der Waals surface area contributed by atoms with Crippen molar-refractivity contribution < 1.29 is 9.53 Å². The Labute approximate surface area is 196 Å². The number of hydrogen-bond acceptors (Lipinski definition) is 6. The number of halogens is 1. The Balaban J connectivity index is 1.68. The van der Waals surface area contributed by atoms with Gasteiger partial charge in [0.2, 0.25) is 11.1 Å². The van der Waals surface area contributed by atoms with Gasteiger partial charge in [-0.05, 0) is 61.2 Å². The van der Waals surface area contributed by atoms with Gasteiger partial charge in [0.05, 0.1) is 18.2 Å². The van der Waals surface area contributed by atoms with E-state index in [4.69, 9.17) is 16.3 Å². The van der Waals surface area contributed by atoms with Gasteiger partial charge in [-0.3, -0.25) is 4.79 Å². The van der Waals surface area contributed by atoms with Gasteiger partial charge < -0.3 is 15.5 Å². The van der Waals surface area contributed by atoms with E-state index < -0.39 is 5.25 Å². The van der Waals surface area contributed by atoms with Crippen LogP contribution in [0.15, 0.2) is 41.6 Å². The molecule has 0 unspecified atom stereocenters. The van der Waals surface area contributed by atoms with Crippen molar-refractivity contribution in [1.29, 1.82) is 0 Å². The van der Waals surface area contributed by atoms with Gasteiger partial charge in [-0.2, -0.15) is 0 Å². The molecule has 0 aliphatic carbocycles. The molecule has 2 atom stereocenters. The molecule has 0 spiro atoms. The van der Waals surface area contributed by atoms with Gasteiger partial charge in [-0.25, -0.2) is 4.68 Å². The van der Waals surface area contributed by atoms with Crippen LogP contribution >= 0.6 is 23.4 Å². The van der Waals surface area contributed by atoms with Crippen LogP contribution in [0, 0.1) is 13.8 Å². The van der Waals surface area contributed by atoms with Crippen LogP contribution in [0.2, 0.25) is 5.02 Å². The monoisotopic (exact) mass is 471 g/mol.